The Morgan fingerprint density at radius 3 is 2.88 bits per heavy atom. The van der Waals surface area contributed by atoms with Gasteiger partial charge in [0.15, 0.2) is 0 Å². The van der Waals surface area contributed by atoms with E-state index in [9.17, 15) is 0 Å². The molecule has 0 amide bonds. The van der Waals surface area contributed by atoms with E-state index in [0.717, 1.165) is 29.0 Å². The summed E-state index contributed by atoms with van der Waals surface area (Å²) in [5.74, 6) is 0. The number of halogens is 1. The molecular formula is C12H14ClN3S. The van der Waals surface area contributed by atoms with E-state index in [0.29, 0.717) is 5.02 Å². The Morgan fingerprint density at radius 2 is 2.18 bits per heavy atom. The maximum atomic E-state index is 6.24. The second-order valence-electron chi connectivity index (χ2n) is 3.83. The first kappa shape index (κ1) is 12.5. The van der Waals surface area contributed by atoms with Crippen molar-refractivity contribution in [1.82, 2.24) is 9.59 Å². The first-order valence-corrected chi connectivity index (χ1v) is 6.70. The summed E-state index contributed by atoms with van der Waals surface area (Å²) < 4.78 is 3.99. The Bertz CT molecular complexity index is 498. The molecule has 90 valence electrons. The minimum Gasteiger partial charge on any atom is -0.319 e. The molecule has 2 aromatic rings. The van der Waals surface area contributed by atoms with Crippen LogP contribution in [0.2, 0.25) is 5.02 Å². The highest BCUT2D eigenvalue weighted by atomic mass is 35.5. The Hall–Kier alpha value is -0.970. The van der Waals surface area contributed by atoms with Crippen LogP contribution < -0.4 is 5.73 Å². The van der Waals surface area contributed by atoms with E-state index in [1.807, 2.05) is 24.3 Å². The summed E-state index contributed by atoms with van der Waals surface area (Å²) >= 11 is 7.51. The molecule has 17 heavy (non-hydrogen) atoms. The van der Waals surface area contributed by atoms with Crippen molar-refractivity contribution < 1.29 is 0 Å². The fourth-order valence-corrected chi connectivity index (χ4v) is 2.70. The van der Waals surface area contributed by atoms with Crippen molar-refractivity contribution >= 4 is 23.1 Å². The maximum absolute atomic E-state index is 6.24. The highest BCUT2D eigenvalue weighted by molar-refractivity contribution is 7.05. The summed E-state index contributed by atoms with van der Waals surface area (Å²) in [6, 6.07) is 7.41. The van der Waals surface area contributed by atoms with Gasteiger partial charge >= 0.3 is 0 Å². The number of aryl methyl sites for hydroxylation is 1. The minimum atomic E-state index is -0.231. The lowest BCUT2D eigenvalue weighted by molar-refractivity contribution is 0.814. The zero-order valence-electron chi connectivity index (χ0n) is 9.56. The number of rotatable bonds is 4. The lowest BCUT2D eigenvalue weighted by atomic mass is 10.0. The molecule has 1 unspecified atom stereocenters. The number of benzene rings is 1. The van der Waals surface area contributed by atoms with Gasteiger partial charge in [0.05, 0.1) is 16.6 Å². The molecule has 3 nitrogen and oxygen atoms in total. The van der Waals surface area contributed by atoms with Gasteiger partial charge in [0.2, 0.25) is 0 Å². The van der Waals surface area contributed by atoms with Gasteiger partial charge in [-0.3, -0.25) is 0 Å². The van der Waals surface area contributed by atoms with Gasteiger partial charge in [-0.25, -0.2) is 0 Å². The third kappa shape index (κ3) is 2.65. The molecule has 1 heterocycles. The highest BCUT2D eigenvalue weighted by Crippen LogP contribution is 2.29. The fraction of sp³-hybridized carbons (Fsp3) is 0.333. The van der Waals surface area contributed by atoms with E-state index in [4.69, 9.17) is 17.3 Å². The Labute approximate surface area is 110 Å². The predicted octanol–water partition coefficient (Wildman–Crippen LogP) is 3.19. The van der Waals surface area contributed by atoms with Crippen molar-refractivity contribution in [3.8, 4) is 0 Å². The van der Waals surface area contributed by atoms with E-state index in [1.54, 1.807) is 0 Å². The van der Waals surface area contributed by atoms with Gasteiger partial charge in [-0.05, 0) is 29.6 Å². The van der Waals surface area contributed by atoms with Crippen LogP contribution in [-0.4, -0.2) is 9.59 Å². The van der Waals surface area contributed by atoms with E-state index in [1.165, 1.54) is 11.5 Å². The molecule has 0 aliphatic heterocycles. The quantitative estimate of drug-likeness (QED) is 0.926. The van der Waals surface area contributed by atoms with Crippen molar-refractivity contribution in [3.63, 3.8) is 0 Å². The summed E-state index contributed by atoms with van der Waals surface area (Å²) in [6.45, 7) is 2.12. The number of aromatic nitrogens is 2. The molecule has 2 rings (SSSR count). The van der Waals surface area contributed by atoms with E-state index in [-0.39, 0.29) is 6.04 Å². The topological polar surface area (TPSA) is 51.8 Å². The van der Waals surface area contributed by atoms with Crippen LogP contribution in [0.1, 0.15) is 35.5 Å². The van der Waals surface area contributed by atoms with Crippen LogP contribution in [0.3, 0.4) is 0 Å². The molecule has 1 aromatic heterocycles. The molecule has 2 N–H and O–H groups in total. The van der Waals surface area contributed by atoms with Crippen LogP contribution >= 0.6 is 23.1 Å². The minimum absolute atomic E-state index is 0.231. The summed E-state index contributed by atoms with van der Waals surface area (Å²) in [5.41, 5.74) is 8.16. The van der Waals surface area contributed by atoms with Gasteiger partial charge in [-0.1, -0.05) is 47.6 Å². The second-order valence-corrected chi connectivity index (χ2v) is 5.03. The van der Waals surface area contributed by atoms with Gasteiger partial charge in [-0.2, -0.15) is 0 Å². The van der Waals surface area contributed by atoms with Gasteiger partial charge in [-0.15, -0.1) is 5.10 Å². The van der Waals surface area contributed by atoms with E-state index < -0.39 is 0 Å². The molecule has 5 heteroatoms. The second kappa shape index (κ2) is 5.58. The molecule has 0 saturated heterocycles. The third-order valence-corrected chi connectivity index (χ3v) is 3.79. The van der Waals surface area contributed by atoms with Crippen LogP contribution in [-0.2, 0) is 6.42 Å². The fourth-order valence-electron chi connectivity index (χ4n) is 1.73. The number of nitrogens with zero attached hydrogens (tertiary/aromatic N) is 2. The number of hydrogen-bond donors (Lipinski definition) is 1. The number of nitrogens with two attached hydrogens (primary N) is 1. The van der Waals surface area contributed by atoms with Crippen molar-refractivity contribution in [3.05, 3.63) is 45.4 Å². The lowest BCUT2D eigenvalue weighted by Crippen LogP contribution is -2.12. The molecule has 0 aliphatic rings. The normalized spacial score (nSPS) is 12.6. The van der Waals surface area contributed by atoms with Gasteiger partial charge in [0.1, 0.15) is 0 Å². The molecule has 0 aliphatic carbocycles. The Morgan fingerprint density at radius 1 is 1.41 bits per heavy atom. The van der Waals surface area contributed by atoms with Crippen LogP contribution in [0.25, 0.3) is 0 Å². The lowest BCUT2D eigenvalue weighted by Gasteiger charge is -2.12. The van der Waals surface area contributed by atoms with Crippen molar-refractivity contribution in [2.24, 2.45) is 5.73 Å². The highest BCUT2D eigenvalue weighted by Gasteiger charge is 2.18. The van der Waals surface area contributed by atoms with Crippen LogP contribution in [0, 0.1) is 0 Å². The molecule has 0 fully saturated rings. The maximum Gasteiger partial charge on any atom is 0.0807 e. The van der Waals surface area contributed by atoms with E-state index in [2.05, 4.69) is 16.5 Å². The monoisotopic (exact) mass is 267 g/mol. The van der Waals surface area contributed by atoms with Gasteiger partial charge < -0.3 is 5.73 Å². The van der Waals surface area contributed by atoms with Crippen molar-refractivity contribution in [2.45, 2.75) is 25.8 Å². The molecule has 1 atom stereocenters. The molecule has 0 bridgehead atoms. The van der Waals surface area contributed by atoms with Crippen LogP contribution in [0.4, 0.5) is 0 Å². The average Bonchev–Trinajstić information content (AvgIpc) is 2.78. The number of hydrogen-bond acceptors (Lipinski definition) is 4. The Kier molecular flexibility index (Phi) is 4.10. The smallest absolute Gasteiger partial charge is 0.0807 e. The van der Waals surface area contributed by atoms with Crippen LogP contribution in [0.15, 0.2) is 24.3 Å². The zero-order valence-corrected chi connectivity index (χ0v) is 11.1. The molecular weight excluding hydrogens is 254 g/mol. The first-order valence-electron chi connectivity index (χ1n) is 5.55. The first-order chi connectivity index (χ1) is 8.24. The predicted molar refractivity (Wildman–Crippen MR) is 71.4 cm³/mol. The summed E-state index contributed by atoms with van der Waals surface area (Å²) in [6.07, 6.45) is 1.94. The molecule has 1 aromatic carbocycles. The summed E-state index contributed by atoms with van der Waals surface area (Å²) in [7, 11) is 0. The van der Waals surface area contributed by atoms with Crippen LogP contribution in [0.5, 0.6) is 0 Å². The molecule has 0 radical (unpaired) electrons. The van der Waals surface area contributed by atoms with Crippen molar-refractivity contribution in [1.29, 1.82) is 0 Å². The summed E-state index contributed by atoms with van der Waals surface area (Å²) in [4.78, 5) is 1.01. The molecule has 0 saturated carbocycles. The largest absolute Gasteiger partial charge is 0.319 e. The standard InChI is InChI=1S/C12H14ClN3S/c1-2-5-10-12(17-16-15-10)11(14)8-6-3-4-7-9(8)13/h3-4,6-7,11H,2,5,14H2,1H3. The Balaban J connectivity index is 2.34. The molecule has 0 spiro atoms. The third-order valence-electron chi connectivity index (χ3n) is 2.59. The summed E-state index contributed by atoms with van der Waals surface area (Å²) in [5, 5.41) is 4.82. The zero-order chi connectivity index (χ0) is 12.3. The van der Waals surface area contributed by atoms with Gasteiger partial charge in [0, 0.05) is 5.02 Å². The van der Waals surface area contributed by atoms with E-state index >= 15 is 0 Å². The van der Waals surface area contributed by atoms with Crippen molar-refractivity contribution in [2.75, 3.05) is 0 Å². The van der Waals surface area contributed by atoms with Gasteiger partial charge in [0.25, 0.3) is 0 Å². The average molecular weight is 268 g/mol. The SMILES string of the molecule is CCCc1nnsc1C(N)c1ccccc1Cl.